The fourth-order valence-corrected chi connectivity index (χ4v) is 1.97. The second-order valence-electron chi connectivity index (χ2n) is 2.59. The molecule has 0 spiro atoms. The van der Waals surface area contributed by atoms with Crippen LogP contribution in [0.15, 0.2) is 17.6 Å². The van der Waals surface area contributed by atoms with Crippen LogP contribution in [0.2, 0.25) is 0 Å². The van der Waals surface area contributed by atoms with Gasteiger partial charge in [-0.2, -0.15) is 0 Å². The van der Waals surface area contributed by atoms with E-state index < -0.39 is 6.03 Å². The number of fused-ring (bicyclic) bond motifs is 1. The Labute approximate surface area is 74.1 Å². The van der Waals surface area contributed by atoms with E-state index >= 15 is 0 Å². The van der Waals surface area contributed by atoms with E-state index in [0.29, 0.717) is 6.54 Å². The van der Waals surface area contributed by atoms with E-state index in [1.54, 1.807) is 17.5 Å². The van der Waals surface area contributed by atoms with Gasteiger partial charge < -0.3 is 5.73 Å². The number of hydrogen-bond acceptors (Lipinski definition) is 2. The molecule has 0 aliphatic carbocycles. The Balaban J connectivity index is 2.30. The lowest BCUT2D eigenvalue weighted by molar-refractivity contribution is 0.223. The van der Waals surface area contributed by atoms with Crippen LogP contribution >= 0.6 is 11.3 Å². The van der Waals surface area contributed by atoms with Crippen molar-refractivity contribution in [2.45, 2.75) is 6.54 Å². The Morgan fingerprint density at radius 1 is 1.67 bits per heavy atom. The van der Waals surface area contributed by atoms with Gasteiger partial charge in [0.1, 0.15) is 0 Å². The maximum atomic E-state index is 10.8. The molecule has 0 atom stereocenters. The molecule has 12 heavy (non-hydrogen) atoms. The van der Waals surface area contributed by atoms with Crippen LogP contribution < -0.4 is 5.73 Å². The lowest BCUT2D eigenvalue weighted by Crippen LogP contribution is -2.31. The number of amides is 2. The third-order valence-corrected chi connectivity index (χ3v) is 2.73. The average Bonchev–Trinajstić information content (AvgIpc) is 2.49. The summed E-state index contributed by atoms with van der Waals surface area (Å²) < 4.78 is 0. The van der Waals surface area contributed by atoms with Crippen LogP contribution in [0.1, 0.15) is 10.4 Å². The summed E-state index contributed by atoms with van der Waals surface area (Å²) in [5, 5.41) is 2.01. The molecule has 0 bridgehead atoms. The van der Waals surface area contributed by atoms with Crippen LogP contribution in [0.4, 0.5) is 4.79 Å². The number of primary amides is 1. The molecule has 1 aliphatic rings. The Kier molecular flexibility index (Phi) is 1.62. The van der Waals surface area contributed by atoms with Crippen LogP contribution in [0.3, 0.4) is 0 Å². The maximum Gasteiger partial charge on any atom is 0.319 e. The number of thiophene rings is 1. The number of carbonyl (C=O) groups is 1. The lowest BCUT2D eigenvalue weighted by Gasteiger charge is -2.18. The highest BCUT2D eigenvalue weighted by Gasteiger charge is 2.14. The summed E-state index contributed by atoms with van der Waals surface area (Å²) in [6.45, 7) is 0.602. The first-order chi connectivity index (χ1) is 5.77. The topological polar surface area (TPSA) is 46.3 Å². The summed E-state index contributed by atoms with van der Waals surface area (Å²) in [6.07, 6.45) is 3.63. The van der Waals surface area contributed by atoms with Crippen LogP contribution in [0, 0.1) is 0 Å². The van der Waals surface area contributed by atoms with E-state index in [-0.39, 0.29) is 0 Å². The van der Waals surface area contributed by atoms with E-state index in [9.17, 15) is 4.79 Å². The molecule has 0 aromatic carbocycles. The van der Waals surface area contributed by atoms with Crippen molar-refractivity contribution < 1.29 is 4.79 Å². The first-order valence-electron chi connectivity index (χ1n) is 3.58. The maximum absolute atomic E-state index is 10.8. The molecule has 0 unspecified atom stereocenters. The van der Waals surface area contributed by atoms with Crippen molar-refractivity contribution >= 4 is 23.4 Å². The standard InChI is InChI=1S/C8H8N2OS/c9-8(11)10-3-1-7-6(5-10)2-4-12-7/h1-4H,5H2,(H2,9,11). The summed E-state index contributed by atoms with van der Waals surface area (Å²) >= 11 is 1.67. The highest BCUT2D eigenvalue weighted by molar-refractivity contribution is 7.11. The molecule has 0 saturated heterocycles. The van der Waals surface area contributed by atoms with Crippen molar-refractivity contribution in [2.24, 2.45) is 5.73 Å². The predicted molar refractivity (Wildman–Crippen MR) is 48.5 cm³/mol. The van der Waals surface area contributed by atoms with Gasteiger partial charge in [-0.1, -0.05) is 0 Å². The van der Waals surface area contributed by atoms with Gasteiger partial charge in [0.05, 0.1) is 6.54 Å². The molecule has 2 rings (SSSR count). The average molecular weight is 180 g/mol. The van der Waals surface area contributed by atoms with Crippen molar-refractivity contribution in [3.8, 4) is 0 Å². The molecule has 0 saturated carbocycles. The predicted octanol–water partition coefficient (Wildman–Crippen LogP) is 1.61. The van der Waals surface area contributed by atoms with Crippen molar-refractivity contribution in [1.29, 1.82) is 0 Å². The van der Waals surface area contributed by atoms with Gasteiger partial charge in [0.15, 0.2) is 0 Å². The van der Waals surface area contributed by atoms with E-state index in [0.717, 1.165) is 0 Å². The normalized spacial score (nSPS) is 14.5. The summed E-state index contributed by atoms with van der Waals surface area (Å²) in [4.78, 5) is 13.5. The van der Waals surface area contributed by atoms with Gasteiger partial charge in [0.2, 0.25) is 0 Å². The van der Waals surface area contributed by atoms with Crippen molar-refractivity contribution in [3.05, 3.63) is 28.1 Å². The molecule has 0 fully saturated rings. The zero-order valence-corrected chi connectivity index (χ0v) is 7.17. The first-order valence-corrected chi connectivity index (χ1v) is 4.46. The van der Waals surface area contributed by atoms with Gasteiger partial charge in [-0.25, -0.2) is 4.79 Å². The van der Waals surface area contributed by atoms with E-state index in [2.05, 4.69) is 0 Å². The van der Waals surface area contributed by atoms with Crippen molar-refractivity contribution in [3.63, 3.8) is 0 Å². The summed E-state index contributed by atoms with van der Waals surface area (Å²) in [5.74, 6) is 0. The highest BCUT2D eigenvalue weighted by Crippen LogP contribution is 2.24. The Morgan fingerprint density at radius 2 is 2.50 bits per heavy atom. The van der Waals surface area contributed by atoms with Gasteiger partial charge >= 0.3 is 6.03 Å². The zero-order valence-electron chi connectivity index (χ0n) is 6.36. The van der Waals surface area contributed by atoms with Crippen LogP contribution in [-0.2, 0) is 6.54 Å². The second-order valence-corrected chi connectivity index (χ2v) is 3.54. The molecule has 1 aromatic rings. The minimum atomic E-state index is -0.400. The summed E-state index contributed by atoms with van der Waals surface area (Å²) in [7, 11) is 0. The second kappa shape index (κ2) is 2.64. The number of urea groups is 1. The Hall–Kier alpha value is -1.29. The number of carbonyl (C=O) groups excluding carboxylic acids is 1. The number of nitrogens with two attached hydrogens (primary N) is 1. The molecule has 1 aliphatic heterocycles. The molecule has 0 radical (unpaired) electrons. The van der Waals surface area contributed by atoms with Crippen molar-refractivity contribution in [1.82, 2.24) is 4.90 Å². The summed E-state index contributed by atoms with van der Waals surface area (Å²) in [5.41, 5.74) is 6.30. The third kappa shape index (κ3) is 1.10. The third-order valence-electron chi connectivity index (χ3n) is 1.81. The van der Waals surface area contributed by atoms with Crippen LogP contribution in [-0.4, -0.2) is 10.9 Å². The van der Waals surface area contributed by atoms with Gasteiger partial charge in [0, 0.05) is 11.1 Å². The largest absolute Gasteiger partial charge is 0.351 e. The fraction of sp³-hybridized carbons (Fsp3) is 0.125. The van der Waals surface area contributed by atoms with E-state index in [1.807, 2.05) is 17.5 Å². The minimum Gasteiger partial charge on any atom is -0.351 e. The fourth-order valence-electron chi connectivity index (χ4n) is 1.17. The van der Waals surface area contributed by atoms with Crippen LogP contribution in [0.25, 0.3) is 6.08 Å². The molecule has 2 N–H and O–H groups in total. The first kappa shape index (κ1) is 7.36. The summed E-state index contributed by atoms with van der Waals surface area (Å²) in [6, 6.07) is 1.61. The molecular formula is C8H8N2OS. The van der Waals surface area contributed by atoms with Gasteiger partial charge in [-0.15, -0.1) is 11.3 Å². The number of rotatable bonds is 0. The van der Waals surface area contributed by atoms with Gasteiger partial charge in [-0.3, -0.25) is 4.90 Å². The van der Waals surface area contributed by atoms with Crippen LogP contribution in [0.5, 0.6) is 0 Å². The smallest absolute Gasteiger partial charge is 0.319 e. The van der Waals surface area contributed by atoms with Crippen molar-refractivity contribution in [2.75, 3.05) is 0 Å². The highest BCUT2D eigenvalue weighted by atomic mass is 32.1. The molecular weight excluding hydrogens is 172 g/mol. The number of hydrogen-bond donors (Lipinski definition) is 1. The Morgan fingerprint density at radius 3 is 3.25 bits per heavy atom. The minimum absolute atomic E-state index is 0.400. The monoisotopic (exact) mass is 180 g/mol. The number of nitrogens with zero attached hydrogens (tertiary/aromatic N) is 1. The van der Waals surface area contributed by atoms with E-state index in [1.165, 1.54) is 15.3 Å². The van der Waals surface area contributed by atoms with E-state index in [4.69, 9.17) is 5.73 Å². The molecule has 4 heteroatoms. The SMILES string of the molecule is NC(=O)N1C=Cc2sccc2C1. The molecule has 3 nitrogen and oxygen atoms in total. The van der Waals surface area contributed by atoms with Gasteiger partial charge in [-0.05, 0) is 23.1 Å². The molecule has 62 valence electrons. The quantitative estimate of drug-likeness (QED) is 0.647. The van der Waals surface area contributed by atoms with Gasteiger partial charge in [0.25, 0.3) is 0 Å². The Bertz CT molecular complexity index is 343. The molecule has 2 amide bonds. The molecule has 1 aromatic heterocycles. The zero-order chi connectivity index (χ0) is 8.55. The molecule has 2 heterocycles. The lowest BCUT2D eigenvalue weighted by atomic mass is 10.2.